The summed E-state index contributed by atoms with van der Waals surface area (Å²) in [6.07, 6.45) is 1.000. The van der Waals surface area contributed by atoms with Gasteiger partial charge in [0.15, 0.2) is 0 Å². The summed E-state index contributed by atoms with van der Waals surface area (Å²) in [6, 6.07) is 0. The van der Waals surface area contributed by atoms with E-state index in [1.165, 1.54) is 4.90 Å². The molecular formula is C10H16N2O5S. The van der Waals surface area contributed by atoms with E-state index < -0.39 is 21.2 Å². The van der Waals surface area contributed by atoms with Crippen LogP contribution in [0.3, 0.4) is 0 Å². The van der Waals surface area contributed by atoms with Gasteiger partial charge >= 0.3 is 5.97 Å². The number of ether oxygens (including phenoxy) is 1. The Morgan fingerprint density at radius 3 is 2.67 bits per heavy atom. The van der Waals surface area contributed by atoms with E-state index in [9.17, 15) is 18.0 Å². The number of rotatable bonds is 4. The number of primary sulfonamides is 1. The van der Waals surface area contributed by atoms with Crippen molar-refractivity contribution in [3.63, 3.8) is 0 Å². The summed E-state index contributed by atoms with van der Waals surface area (Å²) >= 11 is 0. The quantitative estimate of drug-likeness (QED) is 0.542. The highest BCUT2D eigenvalue weighted by Gasteiger charge is 2.37. The van der Waals surface area contributed by atoms with Crippen molar-refractivity contribution in [2.45, 2.75) is 25.5 Å². The second-order valence-electron chi connectivity index (χ2n) is 3.96. The lowest BCUT2D eigenvalue weighted by Crippen LogP contribution is -2.31. The predicted octanol–water partition coefficient (Wildman–Crippen LogP) is -0.657. The van der Waals surface area contributed by atoms with Crippen molar-refractivity contribution in [2.75, 3.05) is 13.2 Å². The van der Waals surface area contributed by atoms with Crippen LogP contribution in [0.25, 0.3) is 0 Å². The molecule has 0 radical (unpaired) electrons. The molecule has 0 saturated carbocycles. The Hall–Kier alpha value is -1.41. The monoisotopic (exact) mass is 276 g/mol. The van der Waals surface area contributed by atoms with Crippen LogP contribution in [0.15, 0.2) is 11.8 Å². The molecule has 1 amide bonds. The van der Waals surface area contributed by atoms with Crippen LogP contribution in [-0.2, 0) is 24.3 Å². The Balaban J connectivity index is 2.80. The summed E-state index contributed by atoms with van der Waals surface area (Å²) in [5.74, 6) is -0.936. The van der Waals surface area contributed by atoms with Crippen LogP contribution in [0.4, 0.5) is 0 Å². The molecule has 1 atom stereocenters. The first-order valence-corrected chi connectivity index (χ1v) is 7.03. The van der Waals surface area contributed by atoms with E-state index in [4.69, 9.17) is 9.88 Å². The molecule has 0 aliphatic carbocycles. The van der Waals surface area contributed by atoms with E-state index in [2.05, 4.69) is 0 Å². The molecular weight excluding hydrogens is 260 g/mol. The summed E-state index contributed by atoms with van der Waals surface area (Å²) in [7, 11) is -3.75. The first kappa shape index (κ1) is 14.7. The average molecular weight is 276 g/mol. The van der Waals surface area contributed by atoms with E-state index in [1.54, 1.807) is 13.8 Å². The molecule has 18 heavy (non-hydrogen) atoms. The molecule has 1 aliphatic heterocycles. The minimum absolute atomic E-state index is 0.0284. The Labute approximate surface area is 106 Å². The predicted molar refractivity (Wildman–Crippen MR) is 63.6 cm³/mol. The number of amides is 1. The Morgan fingerprint density at radius 2 is 2.22 bits per heavy atom. The van der Waals surface area contributed by atoms with Crippen LogP contribution in [-0.4, -0.2) is 43.6 Å². The SMILES string of the molecule is CCOC(=O)C=C(C)N1CC(S(N)(=O)=O)CC1=O. The number of likely N-dealkylation sites (tertiary alicyclic amines) is 1. The second-order valence-corrected chi connectivity index (χ2v) is 5.80. The smallest absolute Gasteiger partial charge is 0.332 e. The molecule has 1 aliphatic rings. The maximum Gasteiger partial charge on any atom is 0.332 e. The van der Waals surface area contributed by atoms with Gasteiger partial charge in [0.1, 0.15) is 5.25 Å². The van der Waals surface area contributed by atoms with Crippen molar-refractivity contribution in [2.24, 2.45) is 5.14 Å². The molecule has 0 aromatic carbocycles. The fraction of sp³-hybridized carbons (Fsp3) is 0.600. The molecule has 2 N–H and O–H groups in total. The minimum atomic E-state index is -3.75. The largest absolute Gasteiger partial charge is 0.463 e. The van der Waals surface area contributed by atoms with Gasteiger partial charge in [-0.2, -0.15) is 0 Å². The zero-order chi connectivity index (χ0) is 13.9. The van der Waals surface area contributed by atoms with Gasteiger partial charge in [-0.15, -0.1) is 0 Å². The normalized spacial score (nSPS) is 21.3. The summed E-state index contributed by atoms with van der Waals surface area (Å²) in [4.78, 5) is 24.1. The fourth-order valence-electron chi connectivity index (χ4n) is 1.67. The molecule has 0 bridgehead atoms. The lowest BCUT2D eigenvalue weighted by Gasteiger charge is -2.16. The third-order valence-corrected chi connectivity index (χ3v) is 3.84. The Bertz CT molecular complexity index is 482. The van der Waals surface area contributed by atoms with Crippen LogP contribution in [0, 0.1) is 0 Å². The standard InChI is InChI=1S/C10H16N2O5S/c1-3-17-10(14)4-7(2)12-6-8(5-9(12)13)18(11,15)16/h4,8H,3,5-6H2,1-2H3,(H2,11,15,16). The van der Waals surface area contributed by atoms with Crippen molar-refractivity contribution >= 4 is 21.9 Å². The number of hydrogen-bond donors (Lipinski definition) is 1. The Morgan fingerprint density at radius 1 is 1.61 bits per heavy atom. The lowest BCUT2D eigenvalue weighted by molar-refractivity contribution is -0.137. The molecule has 1 rings (SSSR count). The van der Waals surface area contributed by atoms with Crippen molar-refractivity contribution < 1.29 is 22.7 Å². The van der Waals surface area contributed by atoms with Gasteiger partial charge in [0, 0.05) is 24.7 Å². The van der Waals surface area contributed by atoms with Gasteiger partial charge in [-0.05, 0) is 13.8 Å². The number of carbonyl (C=O) groups excluding carboxylic acids is 2. The number of nitrogens with zero attached hydrogens (tertiary/aromatic N) is 1. The van der Waals surface area contributed by atoms with Gasteiger partial charge in [0.25, 0.3) is 0 Å². The van der Waals surface area contributed by atoms with Gasteiger partial charge in [-0.3, -0.25) is 4.79 Å². The molecule has 1 heterocycles. The molecule has 0 aromatic rings. The summed E-state index contributed by atoms with van der Waals surface area (Å²) in [5.41, 5.74) is 0.351. The van der Waals surface area contributed by atoms with Crippen LogP contribution < -0.4 is 5.14 Å². The Kier molecular flexibility index (Phi) is 4.47. The lowest BCUT2D eigenvalue weighted by atomic mass is 10.4. The highest BCUT2D eigenvalue weighted by molar-refractivity contribution is 7.89. The number of sulfonamides is 1. The summed E-state index contributed by atoms with van der Waals surface area (Å²) < 4.78 is 27.0. The highest BCUT2D eigenvalue weighted by Crippen LogP contribution is 2.20. The zero-order valence-electron chi connectivity index (χ0n) is 10.3. The molecule has 0 spiro atoms. The maximum absolute atomic E-state index is 11.6. The molecule has 1 saturated heterocycles. The van der Waals surface area contributed by atoms with Gasteiger partial charge in [-0.25, -0.2) is 18.4 Å². The van der Waals surface area contributed by atoms with Crippen LogP contribution in [0.2, 0.25) is 0 Å². The first-order chi connectivity index (χ1) is 8.25. The van der Waals surface area contributed by atoms with Crippen molar-refractivity contribution in [3.8, 4) is 0 Å². The third-order valence-electron chi connectivity index (χ3n) is 2.59. The summed E-state index contributed by atoms with van der Waals surface area (Å²) in [5, 5.41) is 4.08. The number of nitrogens with two attached hydrogens (primary N) is 1. The maximum atomic E-state index is 11.6. The third kappa shape index (κ3) is 3.54. The average Bonchev–Trinajstić information content (AvgIpc) is 2.60. The fourth-order valence-corrected chi connectivity index (χ4v) is 2.40. The number of allylic oxidation sites excluding steroid dienone is 1. The molecule has 7 nitrogen and oxygen atoms in total. The first-order valence-electron chi connectivity index (χ1n) is 5.42. The summed E-state index contributed by atoms with van der Waals surface area (Å²) in [6.45, 7) is 3.41. The second kappa shape index (κ2) is 5.49. The van der Waals surface area contributed by atoms with Crippen molar-refractivity contribution in [1.82, 2.24) is 4.90 Å². The number of hydrogen-bond acceptors (Lipinski definition) is 5. The molecule has 0 aromatic heterocycles. The van der Waals surface area contributed by atoms with Crippen LogP contribution in [0.5, 0.6) is 0 Å². The molecule has 1 fully saturated rings. The van der Waals surface area contributed by atoms with E-state index in [0.29, 0.717) is 5.70 Å². The molecule has 1 unspecified atom stereocenters. The molecule has 8 heteroatoms. The van der Waals surface area contributed by atoms with Gasteiger partial charge in [0.2, 0.25) is 15.9 Å². The van der Waals surface area contributed by atoms with Crippen LogP contribution >= 0.6 is 0 Å². The van der Waals surface area contributed by atoms with Gasteiger partial charge in [-0.1, -0.05) is 0 Å². The number of esters is 1. The van der Waals surface area contributed by atoms with Gasteiger partial charge < -0.3 is 9.64 Å². The topological polar surface area (TPSA) is 107 Å². The van der Waals surface area contributed by atoms with E-state index >= 15 is 0 Å². The van der Waals surface area contributed by atoms with Crippen LogP contribution in [0.1, 0.15) is 20.3 Å². The zero-order valence-corrected chi connectivity index (χ0v) is 11.1. The number of carbonyl (C=O) groups is 2. The van der Waals surface area contributed by atoms with Crippen molar-refractivity contribution in [3.05, 3.63) is 11.8 Å². The van der Waals surface area contributed by atoms with E-state index in [0.717, 1.165) is 6.08 Å². The minimum Gasteiger partial charge on any atom is -0.463 e. The van der Waals surface area contributed by atoms with Crippen molar-refractivity contribution in [1.29, 1.82) is 0 Å². The highest BCUT2D eigenvalue weighted by atomic mass is 32.2. The van der Waals surface area contributed by atoms with Gasteiger partial charge in [0.05, 0.1) is 6.61 Å². The van der Waals surface area contributed by atoms with E-state index in [1.807, 2.05) is 0 Å². The molecule has 102 valence electrons. The van der Waals surface area contributed by atoms with E-state index in [-0.39, 0.29) is 25.5 Å².